The molecule has 28 heavy (non-hydrogen) atoms. The number of rotatable bonds is 5. The van der Waals surface area contributed by atoms with Crippen molar-refractivity contribution < 1.29 is 23.4 Å². The molecule has 1 unspecified atom stereocenters. The summed E-state index contributed by atoms with van der Waals surface area (Å²) >= 11 is 0. The summed E-state index contributed by atoms with van der Waals surface area (Å²) in [7, 11) is 3.14. The predicted molar refractivity (Wildman–Crippen MR) is 101 cm³/mol. The van der Waals surface area contributed by atoms with Gasteiger partial charge in [-0.15, -0.1) is 10.2 Å². The Balaban J connectivity index is 1.45. The number of carbonyl (C=O) groups is 1. The van der Waals surface area contributed by atoms with Crippen molar-refractivity contribution in [3.8, 4) is 17.5 Å². The lowest BCUT2D eigenvalue weighted by Gasteiger charge is -2.31. The van der Waals surface area contributed by atoms with Crippen molar-refractivity contribution in [2.75, 3.05) is 27.3 Å². The molecule has 1 aliphatic rings. The maximum Gasteiger partial charge on any atom is 0.289 e. The van der Waals surface area contributed by atoms with Crippen LogP contribution in [0.5, 0.6) is 17.5 Å². The van der Waals surface area contributed by atoms with Crippen molar-refractivity contribution in [3.05, 3.63) is 42.2 Å². The number of methoxy groups -OCH3 is 2. The van der Waals surface area contributed by atoms with Crippen LogP contribution in [0.2, 0.25) is 0 Å². The monoisotopic (exact) mass is 383 g/mol. The molecule has 0 saturated carbocycles. The number of furan rings is 1. The number of nitrogens with zero attached hydrogens (tertiary/aromatic N) is 3. The van der Waals surface area contributed by atoms with Crippen LogP contribution in [0, 0.1) is 0 Å². The van der Waals surface area contributed by atoms with Gasteiger partial charge in [0.15, 0.2) is 5.76 Å². The van der Waals surface area contributed by atoms with Crippen LogP contribution in [0.4, 0.5) is 0 Å². The molecule has 0 bridgehead atoms. The van der Waals surface area contributed by atoms with Crippen molar-refractivity contribution in [3.63, 3.8) is 0 Å². The number of hydrogen-bond acceptors (Lipinski definition) is 7. The molecule has 146 valence electrons. The minimum absolute atomic E-state index is 0.148. The minimum atomic E-state index is -0.149. The highest BCUT2D eigenvalue weighted by atomic mass is 16.5. The summed E-state index contributed by atoms with van der Waals surface area (Å²) in [6, 6.07) is 10.6. The molecule has 0 N–H and O–H groups in total. The second kappa shape index (κ2) is 7.75. The molecule has 0 radical (unpaired) electrons. The number of aromatic nitrogens is 2. The Kier molecular flexibility index (Phi) is 5.01. The van der Waals surface area contributed by atoms with E-state index in [9.17, 15) is 4.79 Å². The normalized spacial score (nSPS) is 16.8. The van der Waals surface area contributed by atoms with E-state index in [0.717, 1.165) is 24.0 Å². The van der Waals surface area contributed by atoms with E-state index >= 15 is 0 Å². The van der Waals surface area contributed by atoms with Crippen LogP contribution in [0.3, 0.4) is 0 Å². The van der Waals surface area contributed by atoms with Crippen LogP contribution < -0.4 is 14.2 Å². The first-order valence-corrected chi connectivity index (χ1v) is 9.07. The number of hydrogen-bond donors (Lipinski definition) is 0. The van der Waals surface area contributed by atoms with Crippen molar-refractivity contribution in [2.24, 2.45) is 0 Å². The molecule has 1 aromatic carbocycles. The first kappa shape index (κ1) is 18.1. The van der Waals surface area contributed by atoms with Gasteiger partial charge in [-0.3, -0.25) is 4.79 Å². The summed E-state index contributed by atoms with van der Waals surface area (Å²) in [5, 5.41) is 8.72. The van der Waals surface area contributed by atoms with Gasteiger partial charge in [-0.1, -0.05) is 0 Å². The Morgan fingerprint density at radius 2 is 1.93 bits per heavy atom. The molecular weight excluding hydrogens is 362 g/mol. The summed E-state index contributed by atoms with van der Waals surface area (Å²) < 4.78 is 21.8. The molecule has 8 heteroatoms. The van der Waals surface area contributed by atoms with Crippen LogP contribution in [0.25, 0.3) is 11.0 Å². The Morgan fingerprint density at radius 3 is 2.68 bits per heavy atom. The smallest absolute Gasteiger partial charge is 0.289 e. The van der Waals surface area contributed by atoms with E-state index < -0.39 is 0 Å². The third-order valence-electron chi connectivity index (χ3n) is 4.71. The zero-order valence-electron chi connectivity index (χ0n) is 15.8. The van der Waals surface area contributed by atoms with Crippen LogP contribution in [-0.4, -0.2) is 54.4 Å². The number of ether oxygens (including phenoxy) is 3. The van der Waals surface area contributed by atoms with E-state index in [4.69, 9.17) is 18.6 Å². The van der Waals surface area contributed by atoms with Crippen LogP contribution in [0.15, 0.2) is 40.8 Å². The SMILES string of the molecule is COc1ccc2oc(C(=O)N3CCCC(Oc4ccc(OC)nn4)C3)cc2c1. The summed E-state index contributed by atoms with van der Waals surface area (Å²) in [4.78, 5) is 14.7. The van der Waals surface area contributed by atoms with E-state index in [1.165, 1.54) is 7.11 Å². The first-order valence-electron chi connectivity index (χ1n) is 9.07. The number of likely N-dealkylation sites (tertiary alicyclic amines) is 1. The van der Waals surface area contributed by atoms with E-state index in [2.05, 4.69) is 10.2 Å². The molecule has 4 rings (SSSR count). The van der Waals surface area contributed by atoms with Gasteiger partial charge in [0.2, 0.25) is 11.8 Å². The number of amides is 1. The maximum atomic E-state index is 12.9. The van der Waals surface area contributed by atoms with Gasteiger partial charge < -0.3 is 23.5 Å². The van der Waals surface area contributed by atoms with Crippen LogP contribution >= 0.6 is 0 Å². The zero-order chi connectivity index (χ0) is 19.5. The molecule has 1 fully saturated rings. The topological polar surface area (TPSA) is 86.9 Å². The molecule has 1 aliphatic heterocycles. The van der Waals surface area contributed by atoms with Gasteiger partial charge in [0.1, 0.15) is 17.4 Å². The Hall–Kier alpha value is -3.29. The largest absolute Gasteiger partial charge is 0.497 e. The molecule has 1 amide bonds. The lowest BCUT2D eigenvalue weighted by atomic mass is 10.1. The zero-order valence-corrected chi connectivity index (χ0v) is 15.8. The third-order valence-corrected chi connectivity index (χ3v) is 4.71. The predicted octanol–water partition coefficient (Wildman–Crippen LogP) is 2.92. The molecule has 8 nitrogen and oxygen atoms in total. The van der Waals surface area contributed by atoms with Gasteiger partial charge in [-0.25, -0.2) is 0 Å². The van der Waals surface area contributed by atoms with Gasteiger partial charge in [0.05, 0.1) is 20.8 Å². The van der Waals surface area contributed by atoms with Crippen molar-refractivity contribution >= 4 is 16.9 Å². The average Bonchev–Trinajstić information content (AvgIpc) is 3.17. The van der Waals surface area contributed by atoms with E-state index in [0.29, 0.717) is 36.2 Å². The minimum Gasteiger partial charge on any atom is -0.497 e. The fraction of sp³-hybridized carbons (Fsp3) is 0.350. The van der Waals surface area contributed by atoms with Crippen LogP contribution in [0.1, 0.15) is 23.4 Å². The van der Waals surface area contributed by atoms with E-state index in [1.807, 2.05) is 6.07 Å². The molecule has 1 saturated heterocycles. The Bertz CT molecular complexity index is 970. The first-order chi connectivity index (χ1) is 13.7. The molecule has 3 aromatic rings. The second-order valence-electron chi connectivity index (χ2n) is 6.56. The maximum absolute atomic E-state index is 12.9. The average molecular weight is 383 g/mol. The molecule has 1 atom stereocenters. The van der Waals surface area contributed by atoms with Gasteiger partial charge in [0, 0.05) is 24.1 Å². The van der Waals surface area contributed by atoms with Gasteiger partial charge >= 0.3 is 0 Å². The number of benzene rings is 1. The fourth-order valence-corrected chi connectivity index (χ4v) is 3.28. The summed E-state index contributed by atoms with van der Waals surface area (Å²) in [5.74, 6) is 1.72. The molecular formula is C20H21N3O5. The lowest BCUT2D eigenvalue weighted by Crippen LogP contribution is -2.44. The fourth-order valence-electron chi connectivity index (χ4n) is 3.28. The quantitative estimate of drug-likeness (QED) is 0.669. The molecule has 0 aliphatic carbocycles. The molecule has 0 spiro atoms. The van der Waals surface area contributed by atoms with Crippen molar-refractivity contribution in [2.45, 2.75) is 18.9 Å². The second-order valence-corrected chi connectivity index (χ2v) is 6.56. The van der Waals surface area contributed by atoms with Gasteiger partial charge in [0.25, 0.3) is 5.91 Å². The van der Waals surface area contributed by atoms with Gasteiger partial charge in [-0.05, 0) is 37.1 Å². The van der Waals surface area contributed by atoms with Gasteiger partial charge in [-0.2, -0.15) is 0 Å². The van der Waals surface area contributed by atoms with Crippen molar-refractivity contribution in [1.29, 1.82) is 0 Å². The van der Waals surface area contributed by atoms with E-state index in [1.54, 1.807) is 42.3 Å². The highest BCUT2D eigenvalue weighted by Gasteiger charge is 2.28. The highest BCUT2D eigenvalue weighted by molar-refractivity contribution is 5.96. The standard InChI is InChI=1S/C20H21N3O5/c1-25-14-5-6-16-13(10-14)11-17(28-16)20(24)23-9-3-4-15(12-23)27-19-8-7-18(26-2)21-22-19/h5-8,10-11,15H,3-4,9,12H2,1-2H3. The highest BCUT2D eigenvalue weighted by Crippen LogP contribution is 2.26. The summed E-state index contributed by atoms with van der Waals surface area (Å²) in [6.45, 7) is 1.13. The lowest BCUT2D eigenvalue weighted by molar-refractivity contribution is 0.0500. The number of piperidine rings is 1. The third kappa shape index (κ3) is 3.71. The van der Waals surface area contributed by atoms with E-state index in [-0.39, 0.29) is 12.0 Å². The Labute approximate surface area is 162 Å². The molecule has 3 heterocycles. The summed E-state index contributed by atoms with van der Waals surface area (Å²) in [5.41, 5.74) is 0.655. The Morgan fingerprint density at radius 1 is 1.11 bits per heavy atom. The molecule has 2 aromatic heterocycles. The number of fused-ring (bicyclic) bond motifs is 1. The van der Waals surface area contributed by atoms with Crippen molar-refractivity contribution in [1.82, 2.24) is 15.1 Å². The number of carbonyl (C=O) groups excluding carboxylic acids is 1. The summed E-state index contributed by atoms with van der Waals surface area (Å²) in [6.07, 6.45) is 1.54. The van der Waals surface area contributed by atoms with Crippen LogP contribution in [-0.2, 0) is 0 Å².